The summed E-state index contributed by atoms with van der Waals surface area (Å²) in [6.45, 7) is 0. The molecule has 2 rings (SSSR count). The molecule has 0 spiro atoms. The molecular weight excluding hydrogens is 268 g/mol. The summed E-state index contributed by atoms with van der Waals surface area (Å²) in [5.74, 6) is -1.70. The Hall–Kier alpha value is -3.23. The monoisotopic (exact) mass is 276 g/mol. The maximum Gasteiger partial charge on any atom is 0.358 e. The minimum Gasteiger partial charge on any atom is -0.476 e. The molecule has 0 saturated carbocycles. The molecule has 20 heavy (non-hydrogen) atoms. The second kappa shape index (κ2) is 5.18. The van der Waals surface area contributed by atoms with Crippen LogP contribution in [0.3, 0.4) is 0 Å². The normalized spacial score (nSPS) is 10.0. The summed E-state index contributed by atoms with van der Waals surface area (Å²) in [5, 5.41) is 19.5. The number of hydrogen-bond donors (Lipinski definition) is 2. The molecule has 0 aliphatic rings. The van der Waals surface area contributed by atoms with E-state index < -0.39 is 10.9 Å². The lowest BCUT2D eigenvalue weighted by molar-refractivity contribution is -0.384. The Labute approximate surface area is 111 Å². The van der Waals surface area contributed by atoms with Gasteiger partial charge in [0, 0.05) is 18.3 Å². The quantitative estimate of drug-likeness (QED) is 0.631. The summed E-state index contributed by atoms with van der Waals surface area (Å²) in [6, 6.07) is 5.20. The zero-order valence-electron chi connectivity index (χ0n) is 9.89. The molecule has 9 heteroatoms. The van der Waals surface area contributed by atoms with Gasteiger partial charge in [0.2, 0.25) is 11.7 Å². The molecule has 0 aromatic carbocycles. The molecule has 0 fully saturated rings. The molecule has 0 amide bonds. The third-order valence-electron chi connectivity index (χ3n) is 2.26. The molecule has 0 bridgehead atoms. The van der Waals surface area contributed by atoms with Gasteiger partial charge in [-0.25, -0.2) is 9.78 Å². The first-order valence-corrected chi connectivity index (χ1v) is 5.26. The number of carboxylic acids is 1. The fourth-order valence-corrected chi connectivity index (χ4v) is 1.41. The molecule has 0 aliphatic carbocycles. The van der Waals surface area contributed by atoms with Crippen LogP contribution in [0, 0.1) is 10.1 Å². The van der Waals surface area contributed by atoms with Crippen LogP contribution in [0.2, 0.25) is 0 Å². The van der Waals surface area contributed by atoms with Gasteiger partial charge in [0.25, 0.3) is 0 Å². The number of ether oxygens (including phenoxy) is 1. The first kappa shape index (κ1) is 13.2. The van der Waals surface area contributed by atoms with Crippen molar-refractivity contribution in [3.05, 3.63) is 46.3 Å². The number of carbonyl (C=O) groups is 1. The van der Waals surface area contributed by atoms with E-state index >= 15 is 0 Å². The van der Waals surface area contributed by atoms with Crippen molar-refractivity contribution in [3.8, 4) is 11.6 Å². The molecule has 0 radical (unpaired) electrons. The smallest absolute Gasteiger partial charge is 0.358 e. The summed E-state index contributed by atoms with van der Waals surface area (Å²) < 4.78 is 5.23. The molecule has 9 nitrogen and oxygen atoms in total. The molecule has 2 aromatic rings. The van der Waals surface area contributed by atoms with E-state index in [2.05, 4.69) is 9.97 Å². The van der Waals surface area contributed by atoms with Gasteiger partial charge in [-0.15, -0.1) is 0 Å². The lowest BCUT2D eigenvalue weighted by atomic mass is 10.3. The Bertz CT molecular complexity index is 688. The highest BCUT2D eigenvalue weighted by atomic mass is 16.6. The number of nitrogens with two attached hydrogens (primary N) is 1. The second-order valence-electron chi connectivity index (χ2n) is 3.57. The number of pyridine rings is 2. The van der Waals surface area contributed by atoms with Gasteiger partial charge in [-0.05, 0) is 12.1 Å². The molecular formula is C11H8N4O5. The Morgan fingerprint density at radius 1 is 1.40 bits per heavy atom. The van der Waals surface area contributed by atoms with Crippen molar-refractivity contribution in [1.29, 1.82) is 0 Å². The number of nitrogen functional groups attached to an aromatic ring is 1. The van der Waals surface area contributed by atoms with Crippen LogP contribution < -0.4 is 10.5 Å². The van der Waals surface area contributed by atoms with Crippen LogP contribution in [0.15, 0.2) is 30.5 Å². The van der Waals surface area contributed by atoms with Crippen molar-refractivity contribution in [2.75, 3.05) is 5.73 Å². The van der Waals surface area contributed by atoms with Crippen molar-refractivity contribution >= 4 is 17.5 Å². The van der Waals surface area contributed by atoms with E-state index in [1.807, 2.05) is 0 Å². The molecule has 102 valence electrons. The fourth-order valence-electron chi connectivity index (χ4n) is 1.41. The van der Waals surface area contributed by atoms with Crippen LogP contribution >= 0.6 is 0 Å². The van der Waals surface area contributed by atoms with Crippen LogP contribution in [-0.4, -0.2) is 26.0 Å². The number of nitro groups is 1. The average Bonchev–Trinajstić information content (AvgIpc) is 2.38. The van der Waals surface area contributed by atoms with Crippen molar-refractivity contribution < 1.29 is 19.6 Å². The summed E-state index contributed by atoms with van der Waals surface area (Å²) >= 11 is 0. The van der Waals surface area contributed by atoms with Gasteiger partial charge < -0.3 is 15.6 Å². The van der Waals surface area contributed by atoms with Gasteiger partial charge >= 0.3 is 11.7 Å². The lowest BCUT2D eigenvalue weighted by Gasteiger charge is -2.07. The summed E-state index contributed by atoms with van der Waals surface area (Å²) in [7, 11) is 0. The van der Waals surface area contributed by atoms with Gasteiger partial charge in [0.05, 0.1) is 4.92 Å². The second-order valence-corrected chi connectivity index (χ2v) is 3.57. The summed E-state index contributed by atoms with van der Waals surface area (Å²) in [5.41, 5.74) is 4.75. The highest BCUT2D eigenvalue weighted by Gasteiger charge is 2.16. The van der Waals surface area contributed by atoms with E-state index in [0.29, 0.717) is 0 Å². The number of aromatic nitrogens is 2. The molecule has 2 aromatic heterocycles. The summed E-state index contributed by atoms with van der Waals surface area (Å²) in [6.07, 6.45) is 1.30. The fraction of sp³-hybridized carbons (Fsp3) is 0. The molecule has 2 heterocycles. The van der Waals surface area contributed by atoms with Crippen LogP contribution in [0.4, 0.5) is 11.5 Å². The van der Waals surface area contributed by atoms with E-state index in [9.17, 15) is 14.9 Å². The van der Waals surface area contributed by atoms with E-state index in [-0.39, 0.29) is 28.8 Å². The maximum absolute atomic E-state index is 10.9. The zero-order chi connectivity index (χ0) is 14.7. The topological polar surface area (TPSA) is 141 Å². The highest BCUT2D eigenvalue weighted by Crippen LogP contribution is 2.26. The van der Waals surface area contributed by atoms with Crippen LogP contribution in [0.1, 0.15) is 10.5 Å². The Morgan fingerprint density at radius 2 is 2.15 bits per heavy atom. The Kier molecular flexibility index (Phi) is 3.42. The minimum absolute atomic E-state index is 0.0410. The van der Waals surface area contributed by atoms with Crippen LogP contribution in [0.5, 0.6) is 11.6 Å². The summed E-state index contributed by atoms with van der Waals surface area (Å²) in [4.78, 5) is 28.2. The van der Waals surface area contributed by atoms with Crippen LogP contribution in [-0.2, 0) is 0 Å². The standard InChI is InChI=1S/C11H8N4O5/c12-10-6(15(18)19)3-4-8(14-10)20-7-2-1-5-13-9(7)11(16)17/h1-5H,(H2,12,14)(H,16,17). The van der Waals surface area contributed by atoms with E-state index in [1.165, 1.54) is 24.4 Å². The Balaban J connectivity index is 2.34. The first-order valence-electron chi connectivity index (χ1n) is 5.26. The molecule has 0 atom stereocenters. The van der Waals surface area contributed by atoms with Crippen molar-refractivity contribution in [2.45, 2.75) is 0 Å². The number of nitrogens with zero attached hydrogens (tertiary/aromatic N) is 3. The Morgan fingerprint density at radius 3 is 2.75 bits per heavy atom. The highest BCUT2D eigenvalue weighted by molar-refractivity contribution is 5.88. The van der Waals surface area contributed by atoms with E-state index in [0.717, 1.165) is 6.07 Å². The number of anilines is 1. The molecule has 0 aliphatic heterocycles. The van der Waals surface area contributed by atoms with Gasteiger partial charge in [-0.1, -0.05) is 0 Å². The van der Waals surface area contributed by atoms with Crippen molar-refractivity contribution in [1.82, 2.24) is 9.97 Å². The van der Waals surface area contributed by atoms with Gasteiger partial charge in [0.1, 0.15) is 0 Å². The SMILES string of the molecule is Nc1nc(Oc2cccnc2C(=O)O)ccc1[N+](=O)[O-]. The third kappa shape index (κ3) is 2.61. The molecule has 0 saturated heterocycles. The van der Waals surface area contributed by atoms with E-state index in [1.54, 1.807) is 0 Å². The van der Waals surface area contributed by atoms with Gasteiger partial charge in [-0.3, -0.25) is 10.1 Å². The predicted molar refractivity (Wildman–Crippen MR) is 66.6 cm³/mol. The van der Waals surface area contributed by atoms with Gasteiger partial charge in [0.15, 0.2) is 11.4 Å². The number of carboxylic acid groups (broad SMARTS) is 1. The van der Waals surface area contributed by atoms with Crippen LogP contribution in [0.25, 0.3) is 0 Å². The number of aromatic carboxylic acids is 1. The number of rotatable bonds is 4. The number of hydrogen-bond acceptors (Lipinski definition) is 7. The average molecular weight is 276 g/mol. The van der Waals surface area contributed by atoms with Gasteiger partial charge in [-0.2, -0.15) is 4.98 Å². The lowest BCUT2D eigenvalue weighted by Crippen LogP contribution is -2.04. The molecule has 0 unspecified atom stereocenters. The first-order chi connectivity index (χ1) is 9.49. The zero-order valence-corrected chi connectivity index (χ0v) is 9.89. The molecule has 3 N–H and O–H groups in total. The van der Waals surface area contributed by atoms with E-state index in [4.69, 9.17) is 15.6 Å². The van der Waals surface area contributed by atoms with Crippen molar-refractivity contribution in [2.24, 2.45) is 0 Å². The predicted octanol–water partition coefficient (Wildman–Crippen LogP) is 1.46. The largest absolute Gasteiger partial charge is 0.476 e. The minimum atomic E-state index is -1.27. The third-order valence-corrected chi connectivity index (χ3v) is 2.26. The maximum atomic E-state index is 10.9. The van der Waals surface area contributed by atoms with Crippen molar-refractivity contribution in [3.63, 3.8) is 0 Å².